The van der Waals surface area contributed by atoms with Crippen LogP contribution in [0.1, 0.15) is 12.8 Å². The molecule has 0 aromatic carbocycles. The van der Waals surface area contributed by atoms with Gasteiger partial charge >= 0.3 is 0 Å². The second-order valence-corrected chi connectivity index (χ2v) is 2.58. The van der Waals surface area contributed by atoms with Crippen LogP contribution in [0.3, 0.4) is 0 Å². The van der Waals surface area contributed by atoms with Crippen LogP contribution in [-0.2, 0) is 4.74 Å². The van der Waals surface area contributed by atoms with E-state index < -0.39 is 0 Å². The van der Waals surface area contributed by atoms with Crippen molar-refractivity contribution in [2.45, 2.75) is 25.0 Å². The van der Waals surface area contributed by atoms with Gasteiger partial charge in [0.1, 0.15) is 0 Å². The molecule has 2 heteroatoms. The summed E-state index contributed by atoms with van der Waals surface area (Å²) >= 11 is 0. The topological polar surface area (TPSA) is 21.3 Å². The fraction of sp³-hybridized carbons (Fsp3) is 0.714. The molecule has 0 radical (unpaired) electrons. The van der Waals surface area contributed by atoms with Gasteiger partial charge < -0.3 is 4.74 Å². The van der Waals surface area contributed by atoms with E-state index in [0.717, 1.165) is 6.73 Å². The van der Waals surface area contributed by atoms with E-state index in [1.54, 1.807) is 0 Å². The van der Waals surface area contributed by atoms with Gasteiger partial charge in [0, 0.05) is 0 Å². The van der Waals surface area contributed by atoms with Crippen LogP contribution in [0.15, 0.2) is 12.2 Å². The van der Waals surface area contributed by atoms with E-state index in [2.05, 4.69) is 17.5 Å². The van der Waals surface area contributed by atoms with Crippen molar-refractivity contribution >= 4 is 0 Å². The third-order valence-corrected chi connectivity index (χ3v) is 1.98. The minimum atomic E-state index is 0.468. The van der Waals surface area contributed by atoms with E-state index in [0.29, 0.717) is 12.1 Å². The summed E-state index contributed by atoms with van der Waals surface area (Å²) in [6.45, 7) is 0.736. The first kappa shape index (κ1) is 5.45. The average Bonchev–Trinajstić information content (AvgIpc) is 2.33. The Hall–Kier alpha value is -0.340. The number of nitrogens with one attached hydrogen (secondary N) is 1. The molecule has 0 amide bonds. The first-order valence-electron chi connectivity index (χ1n) is 3.48. The van der Waals surface area contributed by atoms with Gasteiger partial charge in [0.15, 0.2) is 0 Å². The molecule has 0 aromatic rings. The van der Waals surface area contributed by atoms with Crippen molar-refractivity contribution in [3.05, 3.63) is 12.2 Å². The highest BCUT2D eigenvalue weighted by molar-refractivity contribution is 5.04. The monoisotopic (exact) mass is 125 g/mol. The zero-order chi connectivity index (χ0) is 6.10. The smallest absolute Gasteiger partial charge is 0.0975 e. The van der Waals surface area contributed by atoms with Gasteiger partial charge in [0.2, 0.25) is 0 Å². The molecule has 2 rings (SSSR count). The van der Waals surface area contributed by atoms with Crippen LogP contribution in [0.25, 0.3) is 0 Å². The summed E-state index contributed by atoms with van der Waals surface area (Å²) in [6, 6.07) is 0.513. The second-order valence-electron chi connectivity index (χ2n) is 2.58. The highest BCUT2D eigenvalue weighted by Crippen LogP contribution is 2.18. The zero-order valence-electron chi connectivity index (χ0n) is 5.34. The van der Waals surface area contributed by atoms with Crippen molar-refractivity contribution in [3.63, 3.8) is 0 Å². The van der Waals surface area contributed by atoms with E-state index >= 15 is 0 Å². The van der Waals surface area contributed by atoms with E-state index in [4.69, 9.17) is 4.74 Å². The largest absolute Gasteiger partial charge is 0.361 e. The van der Waals surface area contributed by atoms with Crippen LogP contribution in [-0.4, -0.2) is 18.9 Å². The Morgan fingerprint density at radius 3 is 3.44 bits per heavy atom. The summed E-state index contributed by atoms with van der Waals surface area (Å²) < 4.78 is 5.39. The molecule has 2 nitrogen and oxygen atoms in total. The molecule has 0 spiro atoms. The van der Waals surface area contributed by atoms with Gasteiger partial charge in [-0.05, 0) is 12.8 Å². The van der Waals surface area contributed by atoms with E-state index in [1.807, 2.05) is 0 Å². The predicted molar refractivity (Wildman–Crippen MR) is 35.0 cm³/mol. The maximum atomic E-state index is 5.39. The highest BCUT2D eigenvalue weighted by atomic mass is 16.5. The average molecular weight is 125 g/mol. The van der Waals surface area contributed by atoms with Gasteiger partial charge in [-0.1, -0.05) is 12.2 Å². The van der Waals surface area contributed by atoms with Crippen molar-refractivity contribution < 1.29 is 4.74 Å². The van der Waals surface area contributed by atoms with Crippen molar-refractivity contribution in [1.29, 1.82) is 0 Å². The van der Waals surface area contributed by atoms with Crippen LogP contribution in [0.5, 0.6) is 0 Å². The Labute approximate surface area is 54.9 Å². The van der Waals surface area contributed by atoms with Gasteiger partial charge in [0.25, 0.3) is 0 Å². The molecule has 50 valence electrons. The SMILES string of the molecule is C1=CC2NCOC2CC1. The van der Waals surface area contributed by atoms with Crippen molar-refractivity contribution in [1.82, 2.24) is 5.32 Å². The first-order valence-corrected chi connectivity index (χ1v) is 3.48. The van der Waals surface area contributed by atoms with Crippen LogP contribution in [0.2, 0.25) is 0 Å². The summed E-state index contributed by atoms with van der Waals surface area (Å²) in [5.41, 5.74) is 0. The Kier molecular flexibility index (Phi) is 1.28. The van der Waals surface area contributed by atoms with Gasteiger partial charge in [-0.3, -0.25) is 5.32 Å². The van der Waals surface area contributed by atoms with E-state index in [1.165, 1.54) is 12.8 Å². The summed E-state index contributed by atoms with van der Waals surface area (Å²) in [6.07, 6.45) is 7.27. The maximum absolute atomic E-state index is 5.39. The minimum Gasteiger partial charge on any atom is -0.361 e. The van der Waals surface area contributed by atoms with Crippen LogP contribution >= 0.6 is 0 Å². The number of fused-ring (bicyclic) bond motifs is 1. The lowest BCUT2D eigenvalue weighted by Crippen LogP contribution is -2.29. The van der Waals surface area contributed by atoms with E-state index in [9.17, 15) is 0 Å². The summed E-state index contributed by atoms with van der Waals surface area (Å²) in [5.74, 6) is 0. The van der Waals surface area contributed by atoms with Gasteiger partial charge in [-0.25, -0.2) is 0 Å². The summed E-state index contributed by atoms with van der Waals surface area (Å²) in [5, 5.41) is 3.25. The molecule has 1 saturated heterocycles. The van der Waals surface area contributed by atoms with Crippen LogP contribution < -0.4 is 5.32 Å². The fourth-order valence-corrected chi connectivity index (χ4v) is 1.44. The fourth-order valence-electron chi connectivity index (χ4n) is 1.44. The quantitative estimate of drug-likeness (QED) is 0.480. The normalized spacial score (nSPS) is 40.9. The number of ether oxygens (including phenoxy) is 1. The lowest BCUT2D eigenvalue weighted by atomic mass is 10.0. The molecule has 1 fully saturated rings. The third kappa shape index (κ3) is 0.884. The molecule has 2 unspecified atom stereocenters. The van der Waals surface area contributed by atoms with Crippen LogP contribution in [0.4, 0.5) is 0 Å². The number of hydrogen-bond donors (Lipinski definition) is 1. The predicted octanol–water partition coefficient (Wildman–Crippen LogP) is 0.651. The molecule has 2 atom stereocenters. The first-order chi connectivity index (χ1) is 4.47. The lowest BCUT2D eigenvalue weighted by molar-refractivity contribution is 0.0990. The number of hydrogen-bond acceptors (Lipinski definition) is 2. The summed E-state index contributed by atoms with van der Waals surface area (Å²) in [4.78, 5) is 0. The molecule has 1 aliphatic heterocycles. The molecule has 0 bridgehead atoms. The van der Waals surface area contributed by atoms with Crippen molar-refractivity contribution in [3.8, 4) is 0 Å². The Balaban J connectivity index is 2.10. The van der Waals surface area contributed by atoms with Gasteiger partial charge in [-0.15, -0.1) is 0 Å². The molecule has 1 aliphatic carbocycles. The van der Waals surface area contributed by atoms with E-state index in [-0.39, 0.29) is 0 Å². The molecule has 1 heterocycles. The van der Waals surface area contributed by atoms with Crippen molar-refractivity contribution in [2.75, 3.05) is 6.73 Å². The van der Waals surface area contributed by atoms with Gasteiger partial charge in [-0.2, -0.15) is 0 Å². The zero-order valence-corrected chi connectivity index (χ0v) is 5.34. The molecule has 9 heavy (non-hydrogen) atoms. The molecular weight excluding hydrogens is 114 g/mol. The Morgan fingerprint density at radius 1 is 1.56 bits per heavy atom. The van der Waals surface area contributed by atoms with Crippen molar-refractivity contribution in [2.24, 2.45) is 0 Å². The minimum absolute atomic E-state index is 0.468. The number of rotatable bonds is 0. The van der Waals surface area contributed by atoms with Crippen LogP contribution in [0, 0.1) is 0 Å². The molecule has 1 N–H and O–H groups in total. The molecular formula is C7H11NO. The Morgan fingerprint density at radius 2 is 2.56 bits per heavy atom. The number of allylic oxidation sites excluding steroid dienone is 1. The third-order valence-electron chi connectivity index (χ3n) is 1.98. The van der Waals surface area contributed by atoms with Gasteiger partial charge in [0.05, 0.1) is 18.9 Å². The molecule has 0 saturated carbocycles. The Bertz CT molecular complexity index is 133. The lowest BCUT2D eigenvalue weighted by Gasteiger charge is -2.17. The molecule has 2 aliphatic rings. The maximum Gasteiger partial charge on any atom is 0.0975 e. The standard InChI is InChI=1S/C7H11NO/c1-2-4-7-6(3-1)8-5-9-7/h1,3,6-8H,2,4-5H2. The molecule has 0 aromatic heterocycles. The second kappa shape index (κ2) is 2.12. The summed E-state index contributed by atoms with van der Waals surface area (Å²) in [7, 11) is 0. The highest BCUT2D eigenvalue weighted by Gasteiger charge is 2.26.